The van der Waals surface area contributed by atoms with Gasteiger partial charge in [0.05, 0.1) is 26.1 Å². The van der Waals surface area contributed by atoms with Crippen molar-refractivity contribution in [2.24, 2.45) is 0 Å². The molecular formula is C35H40N6O5. The molecule has 3 aromatic carbocycles. The summed E-state index contributed by atoms with van der Waals surface area (Å²) in [5.41, 5.74) is 5.61. The third kappa shape index (κ3) is 6.95. The average molecular weight is 625 g/mol. The van der Waals surface area contributed by atoms with Crippen molar-refractivity contribution in [2.75, 3.05) is 32.7 Å². The van der Waals surface area contributed by atoms with E-state index in [1.165, 1.54) is 18.2 Å². The Labute approximate surface area is 268 Å². The summed E-state index contributed by atoms with van der Waals surface area (Å²) in [6.45, 7) is 2.20. The Morgan fingerprint density at radius 1 is 0.826 bits per heavy atom. The van der Waals surface area contributed by atoms with Gasteiger partial charge < -0.3 is 35.1 Å². The van der Waals surface area contributed by atoms with Crippen molar-refractivity contribution in [3.05, 3.63) is 119 Å². The van der Waals surface area contributed by atoms with Crippen molar-refractivity contribution in [2.45, 2.75) is 50.2 Å². The van der Waals surface area contributed by atoms with E-state index in [0.717, 1.165) is 11.1 Å². The molecule has 2 aromatic heterocycles. The van der Waals surface area contributed by atoms with Gasteiger partial charge in [-0.2, -0.15) is 0 Å². The maximum atomic E-state index is 10.9. The zero-order chi connectivity index (χ0) is 31.9. The van der Waals surface area contributed by atoms with Gasteiger partial charge in [-0.05, 0) is 22.3 Å². The Morgan fingerprint density at radius 3 is 2.17 bits per heavy atom. The van der Waals surface area contributed by atoms with E-state index in [9.17, 15) is 10.2 Å². The minimum atomic E-state index is -1.19. The fourth-order valence-corrected chi connectivity index (χ4v) is 5.94. The molecule has 4 N–H and O–H groups in total. The number of imidazole rings is 1. The molecule has 46 heavy (non-hydrogen) atoms. The molecule has 5 aromatic rings. The van der Waals surface area contributed by atoms with Crippen LogP contribution >= 0.6 is 0 Å². The number of aromatic nitrogens is 4. The zero-order valence-corrected chi connectivity index (χ0v) is 26.0. The van der Waals surface area contributed by atoms with Gasteiger partial charge in [0.1, 0.15) is 24.1 Å². The van der Waals surface area contributed by atoms with Crippen LogP contribution in [-0.2, 0) is 33.9 Å². The van der Waals surface area contributed by atoms with Crippen LogP contribution in [0.25, 0.3) is 11.2 Å². The molecule has 1 aliphatic heterocycles. The standard InChI is InChI=1S/C35H40N6O5/c1-44-20-26-16-10-9-15-25(26)17-36-19-29-39-33(37-18-27(23-11-5-3-6-12-23)24-13-7-4-8-14-24)30-34(40-29)41(22-38-30)35-32(43)31(42)28(46-35)21-45-2/h3-16,22,27-28,31-32,35-36,42-43H,17-21H2,1-2H3,(H,37,39,40)/t28-,31-,32-,35-/m1/s1. The van der Waals surface area contributed by atoms with Crippen molar-refractivity contribution in [1.29, 1.82) is 0 Å². The largest absolute Gasteiger partial charge is 0.387 e. The Balaban J connectivity index is 1.32. The van der Waals surface area contributed by atoms with Crippen LogP contribution in [0, 0.1) is 0 Å². The van der Waals surface area contributed by atoms with Crippen LogP contribution in [0.2, 0.25) is 0 Å². The molecule has 1 fully saturated rings. The minimum Gasteiger partial charge on any atom is -0.387 e. The predicted molar refractivity (Wildman–Crippen MR) is 174 cm³/mol. The Kier molecular flexibility index (Phi) is 10.3. The van der Waals surface area contributed by atoms with Gasteiger partial charge >= 0.3 is 0 Å². The van der Waals surface area contributed by atoms with Crippen LogP contribution in [0.15, 0.2) is 91.3 Å². The van der Waals surface area contributed by atoms with Crippen molar-refractivity contribution >= 4 is 17.0 Å². The Bertz CT molecular complexity index is 1660. The first-order valence-electron chi connectivity index (χ1n) is 15.4. The summed E-state index contributed by atoms with van der Waals surface area (Å²) in [7, 11) is 3.21. The molecule has 4 atom stereocenters. The third-order valence-electron chi connectivity index (χ3n) is 8.30. The Morgan fingerprint density at radius 2 is 1.50 bits per heavy atom. The number of rotatable bonds is 14. The molecule has 0 aliphatic carbocycles. The van der Waals surface area contributed by atoms with Crippen molar-refractivity contribution in [3.8, 4) is 0 Å². The van der Waals surface area contributed by atoms with E-state index in [2.05, 4.69) is 52.0 Å². The topological polar surface area (TPSA) is 136 Å². The number of hydrogen-bond acceptors (Lipinski definition) is 10. The van der Waals surface area contributed by atoms with Crippen LogP contribution in [0.3, 0.4) is 0 Å². The zero-order valence-electron chi connectivity index (χ0n) is 26.0. The first-order valence-corrected chi connectivity index (χ1v) is 15.4. The van der Waals surface area contributed by atoms with Crippen LogP contribution in [0.5, 0.6) is 0 Å². The van der Waals surface area contributed by atoms with Crippen molar-refractivity contribution < 1.29 is 24.4 Å². The first kappa shape index (κ1) is 31.7. The fourth-order valence-electron chi connectivity index (χ4n) is 5.94. The molecule has 0 bridgehead atoms. The lowest BCUT2D eigenvalue weighted by Gasteiger charge is -2.20. The second-order valence-corrected chi connectivity index (χ2v) is 11.4. The highest BCUT2D eigenvalue weighted by molar-refractivity contribution is 5.83. The molecule has 0 spiro atoms. The van der Waals surface area contributed by atoms with E-state index < -0.39 is 24.5 Å². The van der Waals surface area contributed by atoms with Gasteiger partial charge in [0.15, 0.2) is 23.2 Å². The van der Waals surface area contributed by atoms with Crippen molar-refractivity contribution in [3.63, 3.8) is 0 Å². The van der Waals surface area contributed by atoms with Crippen LogP contribution in [-0.4, -0.2) is 75.4 Å². The SMILES string of the molecule is COCc1ccccc1CNCc1nc(NCC(c2ccccc2)c2ccccc2)c2ncn([C@@H]3O[C@H](COC)[C@@H](O)[C@H]3O)c2n1. The molecule has 240 valence electrons. The molecule has 0 amide bonds. The van der Waals surface area contributed by atoms with Crippen molar-refractivity contribution in [1.82, 2.24) is 24.8 Å². The molecule has 1 aliphatic rings. The number of aliphatic hydroxyl groups is 2. The number of anilines is 1. The van der Waals surface area contributed by atoms with E-state index in [1.807, 2.05) is 48.5 Å². The molecule has 0 saturated carbocycles. The second-order valence-electron chi connectivity index (χ2n) is 11.4. The van der Waals surface area contributed by atoms with E-state index in [4.69, 9.17) is 24.2 Å². The first-order chi connectivity index (χ1) is 22.6. The van der Waals surface area contributed by atoms with Crippen LogP contribution < -0.4 is 10.6 Å². The highest BCUT2D eigenvalue weighted by atomic mass is 16.6. The number of nitrogens with zero attached hydrogens (tertiary/aromatic N) is 4. The Hall–Kier alpha value is -4.23. The van der Waals surface area contributed by atoms with Gasteiger partial charge in [0.25, 0.3) is 0 Å². The lowest BCUT2D eigenvalue weighted by Crippen LogP contribution is -2.33. The van der Waals surface area contributed by atoms with E-state index in [-0.39, 0.29) is 12.5 Å². The summed E-state index contributed by atoms with van der Waals surface area (Å²) in [4.78, 5) is 14.4. The predicted octanol–water partition coefficient (Wildman–Crippen LogP) is 3.77. The number of hydrogen-bond donors (Lipinski definition) is 4. The number of aliphatic hydroxyl groups excluding tert-OH is 2. The normalized spacial score (nSPS) is 19.7. The molecule has 0 unspecified atom stereocenters. The number of ether oxygens (including phenoxy) is 3. The maximum absolute atomic E-state index is 10.9. The molecule has 11 heteroatoms. The highest BCUT2D eigenvalue weighted by Gasteiger charge is 2.44. The molecule has 11 nitrogen and oxygen atoms in total. The quantitative estimate of drug-likeness (QED) is 0.145. The summed E-state index contributed by atoms with van der Waals surface area (Å²) in [5.74, 6) is 1.16. The van der Waals surface area contributed by atoms with E-state index in [0.29, 0.717) is 49.0 Å². The summed E-state index contributed by atoms with van der Waals surface area (Å²) in [6.07, 6.45) is -2.32. The van der Waals surface area contributed by atoms with Gasteiger partial charge in [-0.25, -0.2) is 15.0 Å². The fraction of sp³-hybridized carbons (Fsp3) is 0.343. The average Bonchev–Trinajstić information content (AvgIpc) is 3.63. The summed E-state index contributed by atoms with van der Waals surface area (Å²) in [6, 6.07) is 28.8. The van der Waals surface area contributed by atoms with Gasteiger partial charge in [-0.3, -0.25) is 4.57 Å². The monoisotopic (exact) mass is 624 g/mol. The smallest absolute Gasteiger partial charge is 0.168 e. The lowest BCUT2D eigenvalue weighted by molar-refractivity contribution is -0.0580. The maximum Gasteiger partial charge on any atom is 0.168 e. The summed E-state index contributed by atoms with van der Waals surface area (Å²) >= 11 is 0. The van der Waals surface area contributed by atoms with Gasteiger partial charge in [0, 0.05) is 33.2 Å². The summed E-state index contributed by atoms with van der Waals surface area (Å²) < 4.78 is 18.3. The summed E-state index contributed by atoms with van der Waals surface area (Å²) in [5, 5.41) is 28.6. The second kappa shape index (κ2) is 14.9. The van der Waals surface area contributed by atoms with Gasteiger partial charge in [-0.15, -0.1) is 0 Å². The number of methoxy groups -OCH3 is 2. The number of nitrogens with one attached hydrogen (secondary N) is 2. The van der Waals surface area contributed by atoms with E-state index >= 15 is 0 Å². The molecular weight excluding hydrogens is 584 g/mol. The minimum absolute atomic E-state index is 0.0540. The van der Waals surface area contributed by atoms with Gasteiger partial charge in [0.2, 0.25) is 0 Å². The number of fused-ring (bicyclic) bond motifs is 1. The van der Waals surface area contributed by atoms with E-state index in [1.54, 1.807) is 18.0 Å². The molecule has 3 heterocycles. The van der Waals surface area contributed by atoms with Crippen LogP contribution in [0.1, 0.15) is 40.2 Å². The molecule has 6 rings (SSSR count). The van der Waals surface area contributed by atoms with Gasteiger partial charge in [-0.1, -0.05) is 84.9 Å². The molecule has 1 saturated heterocycles. The third-order valence-corrected chi connectivity index (χ3v) is 8.30. The van der Waals surface area contributed by atoms with Crippen LogP contribution in [0.4, 0.5) is 5.82 Å². The molecule has 0 radical (unpaired) electrons. The lowest BCUT2D eigenvalue weighted by atomic mass is 9.91. The highest BCUT2D eigenvalue weighted by Crippen LogP contribution is 2.33. The number of benzene rings is 3.